The lowest BCUT2D eigenvalue weighted by Gasteiger charge is -2.26. The Morgan fingerprint density at radius 3 is 0.990 bits per heavy atom. The highest BCUT2D eigenvalue weighted by atomic mass is 35.5. The zero-order valence-electron chi connectivity index (χ0n) is 55.2. The highest BCUT2D eigenvalue weighted by Crippen LogP contribution is 2.45. The molecule has 1 N–H and O–H groups in total. The van der Waals surface area contributed by atoms with Gasteiger partial charge in [0.1, 0.15) is 22.3 Å². The molecule has 0 aliphatic rings. The van der Waals surface area contributed by atoms with E-state index in [-0.39, 0.29) is 0 Å². The van der Waals surface area contributed by atoms with Crippen LogP contribution in [-0.2, 0) is 0 Å². The largest absolute Gasteiger partial charge is 0.456 e. The fraction of sp³-hybridized carbons (Fsp3) is 0. The van der Waals surface area contributed by atoms with Gasteiger partial charge in [-0.2, -0.15) is 0 Å². The molecule has 0 aliphatic heterocycles. The Hall–Kier alpha value is -13.0. The summed E-state index contributed by atoms with van der Waals surface area (Å²) in [6.07, 6.45) is 0. The topological polar surface area (TPSA) is 41.6 Å². The maximum atomic E-state index is 6.33. The summed E-state index contributed by atoms with van der Waals surface area (Å²) in [6, 6.07) is 140. The first-order valence-electron chi connectivity index (χ1n) is 34.0. The third kappa shape index (κ3) is 13.6. The molecule has 4 nitrogen and oxygen atoms in total. The second-order valence-electron chi connectivity index (χ2n) is 24.9. The van der Waals surface area contributed by atoms with Gasteiger partial charge in [-0.3, -0.25) is 0 Å². The normalized spacial score (nSPS) is 11.0. The zero-order chi connectivity index (χ0) is 67.7. The molecular formula is C96H67ClN2O2. The predicted octanol–water partition coefficient (Wildman–Crippen LogP) is 28.1. The van der Waals surface area contributed by atoms with Gasteiger partial charge in [0, 0.05) is 32.9 Å². The molecule has 0 atom stereocenters. The third-order valence-corrected chi connectivity index (χ3v) is 18.8. The number of nitrogens with one attached hydrogen (secondary N) is 1. The molecule has 0 radical (unpaired) electrons. The molecule has 0 aliphatic carbocycles. The lowest BCUT2D eigenvalue weighted by Crippen LogP contribution is -2.10. The maximum absolute atomic E-state index is 6.33. The fourth-order valence-corrected chi connectivity index (χ4v) is 13.7. The van der Waals surface area contributed by atoms with Gasteiger partial charge in [-0.1, -0.05) is 315 Å². The second-order valence-corrected chi connectivity index (χ2v) is 25.3. The van der Waals surface area contributed by atoms with Crippen LogP contribution < -0.4 is 10.2 Å². The van der Waals surface area contributed by atoms with E-state index in [9.17, 15) is 0 Å². The fourth-order valence-electron chi connectivity index (χ4n) is 13.6. The SMILES string of the molecule is Clc1ccc(-c2ccc(-c3ccccc3)c(-c3ccccc3)c2)cc1.c1ccc(-c2ccc(N(c3ccc(-c4ccc(-c5ccccc5)c(-c5ccccc5)c4)cc3)c3cccc4oc5ccccc5c34)cc2)cc1.c1ccc(-c2ccc(Nc3cccc4oc5ccccc5c34)cc2)cc1. The van der Waals surface area contributed by atoms with Crippen molar-refractivity contribution >= 4 is 83.9 Å². The molecule has 2 aromatic heterocycles. The molecule has 0 saturated carbocycles. The molecule has 0 fully saturated rings. The van der Waals surface area contributed by atoms with Crippen LogP contribution >= 0.6 is 11.6 Å². The van der Waals surface area contributed by atoms with E-state index in [1.807, 2.05) is 66.7 Å². The molecule has 101 heavy (non-hydrogen) atoms. The molecule has 480 valence electrons. The molecule has 0 spiro atoms. The van der Waals surface area contributed by atoms with Gasteiger partial charge < -0.3 is 19.1 Å². The summed E-state index contributed by atoms with van der Waals surface area (Å²) >= 11 is 6.03. The summed E-state index contributed by atoms with van der Waals surface area (Å²) in [4.78, 5) is 2.34. The van der Waals surface area contributed by atoms with Crippen LogP contribution in [0.15, 0.2) is 409 Å². The molecule has 18 rings (SSSR count). The van der Waals surface area contributed by atoms with Gasteiger partial charge in [-0.05, 0) is 186 Å². The number of furan rings is 2. The number of hydrogen-bond donors (Lipinski definition) is 1. The number of fused-ring (bicyclic) bond motifs is 6. The first-order chi connectivity index (χ1) is 50.0. The van der Waals surface area contributed by atoms with Crippen LogP contribution in [0.5, 0.6) is 0 Å². The van der Waals surface area contributed by atoms with Crippen molar-refractivity contribution in [3.63, 3.8) is 0 Å². The number of nitrogens with zero attached hydrogens (tertiary/aromatic N) is 1. The molecule has 2 heterocycles. The number of benzene rings is 16. The Labute approximate surface area is 593 Å². The van der Waals surface area contributed by atoms with Gasteiger partial charge in [0.2, 0.25) is 0 Å². The zero-order valence-corrected chi connectivity index (χ0v) is 56.0. The number of rotatable bonds is 13. The Kier molecular flexibility index (Phi) is 18.0. The minimum absolute atomic E-state index is 0.757. The van der Waals surface area contributed by atoms with Crippen LogP contribution in [0.4, 0.5) is 28.4 Å². The summed E-state index contributed by atoms with van der Waals surface area (Å²) in [5, 5.41) is 8.76. The number of hydrogen-bond acceptors (Lipinski definition) is 4. The minimum Gasteiger partial charge on any atom is -0.456 e. The Balaban J connectivity index is 0.000000130. The van der Waals surface area contributed by atoms with Crippen LogP contribution in [-0.4, -0.2) is 0 Å². The average molecular weight is 1320 g/mol. The van der Waals surface area contributed by atoms with Crippen molar-refractivity contribution in [1.29, 1.82) is 0 Å². The van der Waals surface area contributed by atoms with Crippen molar-refractivity contribution < 1.29 is 8.83 Å². The minimum atomic E-state index is 0.757. The van der Waals surface area contributed by atoms with Crippen LogP contribution in [0.2, 0.25) is 5.02 Å². The highest BCUT2D eigenvalue weighted by molar-refractivity contribution is 6.30. The molecule has 0 bridgehead atoms. The van der Waals surface area contributed by atoms with Crippen molar-refractivity contribution in [2.75, 3.05) is 10.2 Å². The molecular weight excluding hydrogens is 1250 g/mol. The average Bonchev–Trinajstić information content (AvgIpc) is 1.66. The van der Waals surface area contributed by atoms with E-state index in [1.165, 1.54) is 83.5 Å². The van der Waals surface area contributed by atoms with E-state index in [4.69, 9.17) is 20.4 Å². The lowest BCUT2D eigenvalue weighted by molar-refractivity contribution is 0.668. The molecule has 16 aromatic carbocycles. The van der Waals surface area contributed by atoms with E-state index in [0.29, 0.717) is 0 Å². The van der Waals surface area contributed by atoms with Crippen LogP contribution in [0, 0.1) is 0 Å². The predicted molar refractivity (Wildman–Crippen MR) is 427 cm³/mol. The maximum Gasteiger partial charge on any atom is 0.137 e. The monoisotopic (exact) mass is 1310 g/mol. The summed E-state index contributed by atoms with van der Waals surface area (Å²) in [7, 11) is 0. The van der Waals surface area contributed by atoms with E-state index in [2.05, 4.69) is 344 Å². The van der Waals surface area contributed by atoms with Crippen molar-refractivity contribution in [3.05, 3.63) is 405 Å². The number of halogens is 1. The lowest BCUT2D eigenvalue weighted by atomic mass is 9.91. The summed E-state index contributed by atoms with van der Waals surface area (Å²) in [5.41, 5.74) is 28.2. The standard InChI is InChI=1S/C48H33NO.C24H17Cl.C24H17NO/c1-4-13-34(14-5-1)35-23-28-40(29-24-35)49(45-20-12-22-47-48(45)43-19-10-11-21-46(43)50-47)41-30-25-36(26-31-41)39-27-32-42(37-15-6-2-7-16-37)44(33-39)38-17-8-3-9-18-38;25-22-14-11-18(12-15-22)21-13-16-23(19-7-3-1-4-8-19)24(17-21)20-9-5-2-6-10-20;1-2-7-17(8-3-1)18-13-15-19(16-14-18)25-21-10-6-12-23-24(21)20-9-4-5-11-22(20)26-23/h1-33H;1-17H;1-16,25H. The van der Waals surface area contributed by atoms with E-state index < -0.39 is 0 Å². The number of para-hydroxylation sites is 2. The molecule has 0 amide bonds. The molecule has 0 saturated heterocycles. The Bertz CT molecular complexity index is 5810. The van der Waals surface area contributed by atoms with Crippen LogP contribution in [0.25, 0.3) is 133 Å². The van der Waals surface area contributed by atoms with Gasteiger partial charge in [0.15, 0.2) is 0 Å². The van der Waals surface area contributed by atoms with E-state index >= 15 is 0 Å². The highest BCUT2D eigenvalue weighted by Gasteiger charge is 2.21. The van der Waals surface area contributed by atoms with Crippen LogP contribution in [0.1, 0.15) is 0 Å². The summed E-state index contributed by atoms with van der Waals surface area (Å²) in [5.74, 6) is 0. The quantitative estimate of drug-likeness (QED) is 0.125. The summed E-state index contributed by atoms with van der Waals surface area (Å²) in [6.45, 7) is 0. The molecule has 0 unspecified atom stereocenters. The summed E-state index contributed by atoms with van der Waals surface area (Å²) < 4.78 is 12.3. The molecule has 18 aromatic rings. The first kappa shape index (κ1) is 62.8. The van der Waals surface area contributed by atoms with Crippen LogP contribution in [0.3, 0.4) is 0 Å². The van der Waals surface area contributed by atoms with E-state index in [0.717, 1.165) is 82.9 Å². The smallest absolute Gasteiger partial charge is 0.137 e. The number of anilines is 5. The Morgan fingerprint density at radius 1 is 0.228 bits per heavy atom. The third-order valence-electron chi connectivity index (χ3n) is 18.5. The van der Waals surface area contributed by atoms with Crippen molar-refractivity contribution in [2.45, 2.75) is 0 Å². The first-order valence-corrected chi connectivity index (χ1v) is 34.4. The second kappa shape index (κ2) is 29.0. The van der Waals surface area contributed by atoms with Crippen molar-refractivity contribution in [2.24, 2.45) is 0 Å². The van der Waals surface area contributed by atoms with Gasteiger partial charge in [-0.15, -0.1) is 0 Å². The van der Waals surface area contributed by atoms with Gasteiger partial charge >= 0.3 is 0 Å². The van der Waals surface area contributed by atoms with E-state index in [1.54, 1.807) is 0 Å². The van der Waals surface area contributed by atoms with Gasteiger partial charge in [-0.25, -0.2) is 0 Å². The van der Waals surface area contributed by atoms with Gasteiger partial charge in [0.05, 0.1) is 22.1 Å². The van der Waals surface area contributed by atoms with Gasteiger partial charge in [0.25, 0.3) is 0 Å². The molecule has 5 heteroatoms. The van der Waals surface area contributed by atoms with Crippen molar-refractivity contribution in [3.8, 4) is 89.0 Å². The Morgan fingerprint density at radius 2 is 0.545 bits per heavy atom. The van der Waals surface area contributed by atoms with Crippen molar-refractivity contribution in [1.82, 2.24) is 0 Å².